The van der Waals surface area contributed by atoms with Crippen LogP contribution >= 0.6 is 0 Å². The second-order valence-electron chi connectivity index (χ2n) is 9.57. The average Bonchev–Trinajstić information content (AvgIpc) is 3.09. The maximum Gasteiger partial charge on any atom is 0.343 e. The van der Waals surface area contributed by atoms with Gasteiger partial charge < -0.3 is 18.9 Å². The molecule has 0 aliphatic rings. The zero-order valence-electron chi connectivity index (χ0n) is 23.9. The van der Waals surface area contributed by atoms with Gasteiger partial charge in [0.2, 0.25) is 5.75 Å². The fourth-order valence-corrected chi connectivity index (χ4v) is 4.13. The zero-order chi connectivity index (χ0) is 32.5. The third-order valence-corrected chi connectivity index (χ3v) is 6.38. The Labute approximate surface area is 261 Å². The highest BCUT2D eigenvalue weighted by molar-refractivity contribution is 5.97. The number of esters is 4. The maximum atomic E-state index is 13.3. The number of hydrogen-bond donors (Lipinski definition) is 0. The number of benzene rings is 5. The van der Waals surface area contributed by atoms with E-state index in [4.69, 9.17) is 18.9 Å². The molecule has 228 valence electrons. The van der Waals surface area contributed by atoms with Crippen LogP contribution < -0.4 is 14.2 Å². The Morgan fingerprint density at radius 3 is 1.43 bits per heavy atom. The van der Waals surface area contributed by atoms with Crippen LogP contribution in [-0.4, -0.2) is 28.8 Å². The van der Waals surface area contributed by atoms with Crippen LogP contribution in [0.3, 0.4) is 0 Å². The van der Waals surface area contributed by atoms with E-state index >= 15 is 0 Å². The summed E-state index contributed by atoms with van der Waals surface area (Å²) in [6.45, 7) is -0.344. The summed E-state index contributed by atoms with van der Waals surface area (Å²) in [6, 6.07) is 31.5. The number of nitrogens with zero attached hydrogens (tertiary/aromatic N) is 1. The van der Waals surface area contributed by atoms with Crippen LogP contribution in [0.2, 0.25) is 0 Å². The van der Waals surface area contributed by atoms with E-state index in [2.05, 4.69) is 0 Å². The molecule has 0 saturated heterocycles. The monoisotopic (exact) mass is 617 g/mol. The number of rotatable bonds is 10. The lowest BCUT2D eigenvalue weighted by atomic mass is 10.1. The van der Waals surface area contributed by atoms with Crippen molar-refractivity contribution in [2.75, 3.05) is 0 Å². The molecule has 0 amide bonds. The molecule has 0 fully saturated rings. The van der Waals surface area contributed by atoms with E-state index in [1.54, 1.807) is 54.6 Å². The highest BCUT2D eigenvalue weighted by Crippen LogP contribution is 2.41. The van der Waals surface area contributed by atoms with Gasteiger partial charge in [0.15, 0.2) is 11.5 Å². The van der Waals surface area contributed by atoms with Crippen molar-refractivity contribution >= 4 is 29.6 Å². The van der Waals surface area contributed by atoms with Crippen molar-refractivity contribution in [2.24, 2.45) is 0 Å². The summed E-state index contributed by atoms with van der Waals surface area (Å²) in [6.07, 6.45) is 0. The Morgan fingerprint density at radius 2 is 0.978 bits per heavy atom. The molecule has 0 bridgehead atoms. The first-order chi connectivity index (χ1) is 22.3. The van der Waals surface area contributed by atoms with Crippen LogP contribution in [0.15, 0.2) is 127 Å². The zero-order valence-corrected chi connectivity index (χ0v) is 23.9. The summed E-state index contributed by atoms with van der Waals surface area (Å²) in [5.41, 5.74) is 0.333. The molecule has 11 heteroatoms. The van der Waals surface area contributed by atoms with Crippen molar-refractivity contribution < 1.29 is 43.0 Å². The third kappa shape index (κ3) is 7.66. The first-order valence-corrected chi connectivity index (χ1v) is 13.7. The Bertz CT molecular complexity index is 1830. The summed E-state index contributed by atoms with van der Waals surface area (Å²) in [5, 5.41) is 11.1. The molecule has 0 radical (unpaired) electrons. The van der Waals surface area contributed by atoms with Gasteiger partial charge in [-0.3, -0.25) is 10.1 Å². The molecule has 0 aliphatic heterocycles. The van der Waals surface area contributed by atoms with Gasteiger partial charge in [-0.15, -0.1) is 0 Å². The van der Waals surface area contributed by atoms with E-state index in [1.165, 1.54) is 60.7 Å². The van der Waals surface area contributed by atoms with Gasteiger partial charge in [-0.2, -0.15) is 0 Å². The lowest BCUT2D eigenvalue weighted by molar-refractivity contribution is -0.384. The summed E-state index contributed by atoms with van der Waals surface area (Å²) >= 11 is 0. The van der Waals surface area contributed by atoms with Crippen LogP contribution in [0.4, 0.5) is 5.69 Å². The number of nitro groups is 1. The maximum absolute atomic E-state index is 13.3. The number of ether oxygens (including phenoxy) is 4. The van der Waals surface area contributed by atoms with Gasteiger partial charge in [-0.25, -0.2) is 19.2 Å². The van der Waals surface area contributed by atoms with E-state index in [9.17, 15) is 29.3 Å². The van der Waals surface area contributed by atoms with Gasteiger partial charge in [-0.1, -0.05) is 66.7 Å². The quantitative estimate of drug-likeness (QED) is 0.0725. The smallest absolute Gasteiger partial charge is 0.343 e. The molecule has 0 aromatic heterocycles. The van der Waals surface area contributed by atoms with Crippen LogP contribution in [0, 0.1) is 10.1 Å². The van der Waals surface area contributed by atoms with Gasteiger partial charge in [0.25, 0.3) is 5.69 Å². The number of carbonyl (C=O) groups is 4. The number of nitro benzene ring substituents is 1. The summed E-state index contributed by atoms with van der Waals surface area (Å²) < 4.78 is 22.2. The molecule has 0 unspecified atom stereocenters. The van der Waals surface area contributed by atoms with E-state index < -0.39 is 46.0 Å². The highest BCUT2D eigenvalue weighted by atomic mass is 16.6. The molecule has 5 rings (SSSR count). The molecule has 5 aromatic rings. The predicted octanol–water partition coefficient (Wildman–Crippen LogP) is 6.61. The van der Waals surface area contributed by atoms with E-state index in [1.807, 2.05) is 0 Å². The summed E-state index contributed by atoms with van der Waals surface area (Å²) in [5.74, 6) is -4.83. The van der Waals surface area contributed by atoms with Crippen LogP contribution in [0.1, 0.15) is 47.0 Å². The Kier molecular flexibility index (Phi) is 9.54. The molecule has 0 saturated carbocycles. The summed E-state index contributed by atoms with van der Waals surface area (Å²) in [4.78, 5) is 63.2. The van der Waals surface area contributed by atoms with Gasteiger partial charge >= 0.3 is 23.9 Å². The third-order valence-electron chi connectivity index (χ3n) is 6.38. The molecule has 0 aliphatic carbocycles. The fraction of sp³-hybridized carbons (Fsp3) is 0.0286. The molecule has 11 nitrogen and oxygen atoms in total. The normalized spacial score (nSPS) is 10.3. The molecule has 0 spiro atoms. The fourth-order valence-electron chi connectivity index (χ4n) is 4.13. The minimum Gasteiger partial charge on any atom is -0.457 e. The van der Waals surface area contributed by atoms with Crippen molar-refractivity contribution in [3.05, 3.63) is 165 Å². The van der Waals surface area contributed by atoms with Crippen molar-refractivity contribution in [3.8, 4) is 17.2 Å². The molecule has 5 aromatic carbocycles. The number of hydrogen-bond acceptors (Lipinski definition) is 10. The highest BCUT2D eigenvalue weighted by Gasteiger charge is 2.26. The molecule has 0 N–H and O–H groups in total. The second-order valence-corrected chi connectivity index (χ2v) is 9.57. The van der Waals surface area contributed by atoms with Crippen LogP contribution in [0.25, 0.3) is 0 Å². The van der Waals surface area contributed by atoms with Crippen molar-refractivity contribution in [1.82, 2.24) is 0 Å². The Morgan fingerprint density at radius 1 is 0.522 bits per heavy atom. The number of carbonyl (C=O) groups excluding carboxylic acids is 4. The van der Waals surface area contributed by atoms with Crippen molar-refractivity contribution in [1.29, 1.82) is 0 Å². The topological polar surface area (TPSA) is 148 Å². The van der Waals surface area contributed by atoms with Crippen molar-refractivity contribution in [2.45, 2.75) is 6.61 Å². The van der Waals surface area contributed by atoms with E-state index in [0.29, 0.717) is 5.56 Å². The lowest BCUT2D eigenvalue weighted by Crippen LogP contribution is -2.16. The first-order valence-electron chi connectivity index (χ1n) is 13.7. The molecule has 0 heterocycles. The standard InChI is InChI=1S/C35H23NO10/c37-32(43-22-23-11-10-18-28(19-23)36(41)42)27-20-29(44-33(38)24-12-4-1-5-13-24)31(46-35(40)26-16-8-3-9-17-26)30(21-27)45-34(39)25-14-6-2-7-15-25/h1-21H,22H2. The molecule has 0 atom stereocenters. The first kappa shape index (κ1) is 30.8. The minimum absolute atomic E-state index is 0.142. The second kappa shape index (κ2) is 14.2. The minimum atomic E-state index is -0.957. The van der Waals surface area contributed by atoms with Crippen molar-refractivity contribution in [3.63, 3.8) is 0 Å². The van der Waals surface area contributed by atoms with Crippen LogP contribution in [-0.2, 0) is 11.3 Å². The SMILES string of the molecule is O=C(OCc1cccc([N+](=O)[O-])c1)c1cc(OC(=O)c2ccccc2)c(OC(=O)c2ccccc2)c(OC(=O)c2ccccc2)c1. The Hall–Kier alpha value is -6.62. The summed E-state index contributed by atoms with van der Waals surface area (Å²) in [7, 11) is 0. The average molecular weight is 618 g/mol. The van der Waals surface area contributed by atoms with Gasteiger partial charge in [0.1, 0.15) is 6.61 Å². The number of non-ortho nitro benzene ring substituents is 1. The van der Waals surface area contributed by atoms with E-state index in [-0.39, 0.29) is 34.5 Å². The van der Waals surface area contributed by atoms with Gasteiger partial charge in [0.05, 0.1) is 27.2 Å². The predicted molar refractivity (Wildman–Crippen MR) is 163 cm³/mol. The molecular formula is C35H23NO10. The Balaban J connectivity index is 1.55. The van der Waals surface area contributed by atoms with E-state index in [0.717, 1.165) is 12.1 Å². The lowest BCUT2D eigenvalue weighted by Gasteiger charge is -2.16. The molecule has 46 heavy (non-hydrogen) atoms. The van der Waals surface area contributed by atoms with Gasteiger partial charge in [-0.05, 0) is 54.1 Å². The van der Waals surface area contributed by atoms with Gasteiger partial charge in [0, 0.05) is 12.1 Å². The van der Waals surface area contributed by atoms with Crippen LogP contribution in [0.5, 0.6) is 17.2 Å². The molecular weight excluding hydrogens is 594 g/mol. The largest absolute Gasteiger partial charge is 0.457 e.